The van der Waals surface area contributed by atoms with Crippen LogP contribution in [0.4, 0.5) is 4.39 Å². The standard InChI is InChI=1S/C12H8FN3OS2/c1-7-6-16-12(18-7)15-11(19-16)14-10(17)8-4-2-3-5-9(8)13/h2-6H,1H3. The highest BCUT2D eigenvalue weighted by molar-refractivity contribution is 7.18. The molecule has 96 valence electrons. The summed E-state index contributed by atoms with van der Waals surface area (Å²) in [5.41, 5.74) is -0.0396. The third-order valence-corrected chi connectivity index (χ3v) is 4.25. The average molecular weight is 293 g/mol. The number of benzene rings is 1. The van der Waals surface area contributed by atoms with Crippen LogP contribution in [-0.2, 0) is 0 Å². The van der Waals surface area contributed by atoms with E-state index < -0.39 is 11.7 Å². The van der Waals surface area contributed by atoms with Crippen LogP contribution < -0.4 is 4.80 Å². The number of carbonyl (C=O) groups is 1. The molecule has 0 radical (unpaired) electrons. The number of hydrogen-bond acceptors (Lipinski definition) is 4. The molecule has 0 saturated carbocycles. The van der Waals surface area contributed by atoms with Gasteiger partial charge >= 0.3 is 0 Å². The Bertz CT molecular complexity index is 796. The van der Waals surface area contributed by atoms with Gasteiger partial charge in [0, 0.05) is 11.1 Å². The predicted molar refractivity (Wildman–Crippen MR) is 72.0 cm³/mol. The summed E-state index contributed by atoms with van der Waals surface area (Å²) in [5, 5.41) is 0. The van der Waals surface area contributed by atoms with Crippen LogP contribution in [0, 0.1) is 12.7 Å². The van der Waals surface area contributed by atoms with Crippen molar-refractivity contribution in [3.63, 3.8) is 0 Å². The molecule has 0 spiro atoms. The molecule has 3 rings (SSSR count). The van der Waals surface area contributed by atoms with Gasteiger partial charge in [0.05, 0.1) is 5.56 Å². The molecule has 7 heteroatoms. The first-order valence-corrected chi connectivity index (χ1v) is 7.02. The number of amides is 1. The Kier molecular flexibility index (Phi) is 3.00. The number of fused-ring (bicyclic) bond motifs is 1. The highest BCUT2D eigenvalue weighted by Gasteiger charge is 2.10. The lowest BCUT2D eigenvalue weighted by Crippen LogP contribution is -2.06. The molecule has 2 aromatic heterocycles. The van der Waals surface area contributed by atoms with Gasteiger partial charge in [-0.25, -0.2) is 8.18 Å². The molecule has 0 unspecified atom stereocenters. The monoisotopic (exact) mass is 293 g/mol. The topological polar surface area (TPSA) is 46.7 Å². The summed E-state index contributed by atoms with van der Waals surface area (Å²) in [5.74, 6) is -1.19. The van der Waals surface area contributed by atoms with Crippen LogP contribution in [0.25, 0.3) is 4.96 Å². The minimum Gasteiger partial charge on any atom is -0.267 e. The minimum absolute atomic E-state index is 0.0396. The van der Waals surface area contributed by atoms with Crippen LogP contribution in [-0.4, -0.2) is 14.7 Å². The maximum atomic E-state index is 13.4. The zero-order valence-electron chi connectivity index (χ0n) is 9.83. The third kappa shape index (κ3) is 2.34. The fourth-order valence-electron chi connectivity index (χ4n) is 1.59. The van der Waals surface area contributed by atoms with Crippen LogP contribution in [0.15, 0.2) is 35.5 Å². The largest absolute Gasteiger partial charge is 0.282 e. The maximum Gasteiger partial charge on any atom is 0.282 e. The number of aromatic nitrogens is 2. The van der Waals surface area contributed by atoms with Gasteiger partial charge in [-0.15, -0.1) is 11.3 Å². The number of nitrogens with zero attached hydrogens (tertiary/aromatic N) is 3. The van der Waals surface area contributed by atoms with Crippen molar-refractivity contribution in [2.45, 2.75) is 6.92 Å². The third-order valence-electron chi connectivity index (χ3n) is 2.41. The molecule has 0 N–H and O–H groups in total. The minimum atomic E-state index is -0.614. The molecule has 0 saturated heterocycles. The first kappa shape index (κ1) is 12.2. The first-order valence-electron chi connectivity index (χ1n) is 5.43. The summed E-state index contributed by atoms with van der Waals surface area (Å²) in [6.07, 6.45) is 1.92. The molecule has 0 aliphatic heterocycles. The average Bonchev–Trinajstić information content (AvgIpc) is 2.86. The molecule has 1 aromatic carbocycles. The van der Waals surface area contributed by atoms with Crippen molar-refractivity contribution in [3.8, 4) is 0 Å². The van der Waals surface area contributed by atoms with Gasteiger partial charge in [-0.3, -0.25) is 4.79 Å². The number of carbonyl (C=O) groups excluding carboxylic acids is 1. The zero-order chi connectivity index (χ0) is 13.4. The van der Waals surface area contributed by atoms with Crippen molar-refractivity contribution in [2.24, 2.45) is 4.99 Å². The molecule has 0 bridgehead atoms. The Morgan fingerprint density at radius 1 is 1.42 bits per heavy atom. The molecule has 0 aliphatic rings. The lowest BCUT2D eigenvalue weighted by Gasteiger charge is -1.94. The number of thiazole rings is 1. The molecular formula is C12H8FN3OS2. The zero-order valence-corrected chi connectivity index (χ0v) is 11.5. The van der Waals surface area contributed by atoms with Crippen molar-refractivity contribution >= 4 is 33.7 Å². The molecule has 0 aliphatic carbocycles. The van der Waals surface area contributed by atoms with Crippen LogP contribution in [0.5, 0.6) is 0 Å². The van der Waals surface area contributed by atoms with E-state index in [0.717, 1.165) is 9.84 Å². The summed E-state index contributed by atoms with van der Waals surface area (Å²) < 4.78 is 15.3. The predicted octanol–water partition coefficient (Wildman–Crippen LogP) is 2.65. The summed E-state index contributed by atoms with van der Waals surface area (Å²) >= 11 is 2.77. The first-order chi connectivity index (χ1) is 9.13. The quantitative estimate of drug-likeness (QED) is 0.692. The van der Waals surface area contributed by atoms with Crippen molar-refractivity contribution in [3.05, 3.63) is 51.5 Å². The van der Waals surface area contributed by atoms with Crippen LogP contribution in [0.2, 0.25) is 0 Å². The van der Waals surface area contributed by atoms with E-state index in [0.29, 0.717) is 4.80 Å². The Labute approximate surface area is 115 Å². The highest BCUT2D eigenvalue weighted by atomic mass is 32.1. The van der Waals surface area contributed by atoms with Gasteiger partial charge in [0.1, 0.15) is 5.82 Å². The van der Waals surface area contributed by atoms with Gasteiger partial charge in [0.25, 0.3) is 5.91 Å². The van der Waals surface area contributed by atoms with E-state index in [1.165, 1.54) is 41.1 Å². The maximum absolute atomic E-state index is 13.4. The van der Waals surface area contributed by atoms with E-state index in [1.54, 1.807) is 6.07 Å². The van der Waals surface area contributed by atoms with Gasteiger partial charge in [-0.1, -0.05) is 12.1 Å². The second-order valence-electron chi connectivity index (χ2n) is 3.83. The summed E-state index contributed by atoms with van der Waals surface area (Å²) in [7, 11) is 0. The summed E-state index contributed by atoms with van der Waals surface area (Å²) in [6, 6.07) is 5.78. The van der Waals surface area contributed by atoms with E-state index in [1.807, 2.05) is 16.9 Å². The van der Waals surface area contributed by atoms with Crippen molar-refractivity contribution in [1.29, 1.82) is 0 Å². The molecule has 0 fully saturated rings. The van der Waals surface area contributed by atoms with E-state index >= 15 is 0 Å². The van der Waals surface area contributed by atoms with E-state index in [-0.39, 0.29) is 5.56 Å². The molecule has 3 aromatic rings. The normalized spacial score (nSPS) is 12.2. The summed E-state index contributed by atoms with van der Waals surface area (Å²) in [4.78, 5) is 22.2. The Morgan fingerprint density at radius 2 is 2.21 bits per heavy atom. The van der Waals surface area contributed by atoms with Gasteiger partial charge in [-0.2, -0.15) is 9.98 Å². The molecule has 19 heavy (non-hydrogen) atoms. The second-order valence-corrected chi connectivity index (χ2v) is 5.99. The number of halogens is 1. The van der Waals surface area contributed by atoms with Crippen LogP contribution in [0.3, 0.4) is 0 Å². The molecular weight excluding hydrogens is 285 g/mol. The molecule has 1 amide bonds. The number of aryl methyl sites for hydroxylation is 1. The van der Waals surface area contributed by atoms with Gasteiger partial charge in [-0.05, 0) is 30.6 Å². The number of hydrogen-bond donors (Lipinski definition) is 0. The van der Waals surface area contributed by atoms with Crippen molar-refractivity contribution < 1.29 is 9.18 Å². The van der Waals surface area contributed by atoms with Crippen molar-refractivity contribution in [2.75, 3.05) is 0 Å². The highest BCUT2D eigenvalue weighted by Crippen LogP contribution is 2.15. The Morgan fingerprint density at radius 3 is 2.95 bits per heavy atom. The van der Waals surface area contributed by atoms with E-state index in [4.69, 9.17) is 0 Å². The van der Waals surface area contributed by atoms with Crippen LogP contribution >= 0.6 is 22.9 Å². The molecule has 0 atom stereocenters. The second kappa shape index (κ2) is 4.67. The molecule has 2 heterocycles. The van der Waals surface area contributed by atoms with E-state index in [2.05, 4.69) is 9.98 Å². The fraction of sp³-hybridized carbons (Fsp3) is 0.0833. The Balaban J connectivity index is 2.03. The van der Waals surface area contributed by atoms with Gasteiger partial charge < -0.3 is 0 Å². The SMILES string of the molecule is Cc1cn2sc(=NC(=O)c3ccccc3F)nc2s1. The molecule has 4 nitrogen and oxygen atoms in total. The fourth-order valence-corrected chi connectivity index (χ4v) is 3.42. The van der Waals surface area contributed by atoms with Crippen LogP contribution in [0.1, 0.15) is 15.2 Å². The smallest absolute Gasteiger partial charge is 0.267 e. The summed E-state index contributed by atoms with van der Waals surface area (Å²) in [6.45, 7) is 1.98. The lowest BCUT2D eigenvalue weighted by molar-refractivity contribution is 0.0994. The lowest BCUT2D eigenvalue weighted by atomic mass is 10.2. The number of rotatable bonds is 1. The van der Waals surface area contributed by atoms with Gasteiger partial charge in [0.2, 0.25) is 9.76 Å². The van der Waals surface area contributed by atoms with Gasteiger partial charge in [0.15, 0.2) is 0 Å². The Hall–Kier alpha value is -1.86. The van der Waals surface area contributed by atoms with Crippen molar-refractivity contribution in [1.82, 2.24) is 8.77 Å². The van der Waals surface area contributed by atoms with E-state index in [9.17, 15) is 9.18 Å².